The van der Waals surface area contributed by atoms with Crippen LogP contribution in [0.5, 0.6) is 5.75 Å². The Morgan fingerprint density at radius 3 is 2.48 bits per heavy atom. The van der Waals surface area contributed by atoms with Gasteiger partial charge in [-0.2, -0.15) is 0 Å². The van der Waals surface area contributed by atoms with Gasteiger partial charge in [-0.3, -0.25) is 4.98 Å². The van der Waals surface area contributed by atoms with Gasteiger partial charge in [0.1, 0.15) is 10.8 Å². The molecule has 4 heteroatoms. The second-order valence-electron chi connectivity index (χ2n) is 9.78. The van der Waals surface area contributed by atoms with Gasteiger partial charge >= 0.3 is 0 Å². The van der Waals surface area contributed by atoms with Crippen LogP contribution in [-0.4, -0.2) is 11.6 Å². The molecule has 1 saturated carbocycles. The molecule has 0 spiro atoms. The summed E-state index contributed by atoms with van der Waals surface area (Å²) in [5.41, 5.74) is 4.20. The summed E-state index contributed by atoms with van der Waals surface area (Å²) < 4.78 is 20.6. The molecule has 0 bridgehead atoms. The van der Waals surface area contributed by atoms with Crippen LogP contribution >= 0.6 is 11.6 Å². The standard InChI is InChI=1S/C29H37ClFNO/c1-3-5-18-33-27-17-15-25(29(31)28(27)30)22-10-12-23(13-11-22)26-16-14-24(19-32-26)21-8-6-20(4-2)7-9-21/h10,14-17,19-21,23H,3-9,11-13,18H2,1-2H3. The van der Waals surface area contributed by atoms with Gasteiger partial charge in [-0.1, -0.05) is 50.4 Å². The van der Waals surface area contributed by atoms with E-state index >= 15 is 0 Å². The van der Waals surface area contributed by atoms with Gasteiger partial charge in [0.15, 0.2) is 5.82 Å². The number of ether oxygens (including phenoxy) is 1. The van der Waals surface area contributed by atoms with Gasteiger partial charge < -0.3 is 4.74 Å². The first-order valence-electron chi connectivity index (χ1n) is 12.9. The zero-order valence-corrected chi connectivity index (χ0v) is 20.8. The summed E-state index contributed by atoms with van der Waals surface area (Å²) in [6.07, 6.45) is 15.6. The first kappa shape index (κ1) is 24.3. The fraction of sp³-hybridized carbons (Fsp3) is 0.552. The Kier molecular flexibility index (Phi) is 8.46. The number of hydrogen-bond acceptors (Lipinski definition) is 2. The summed E-state index contributed by atoms with van der Waals surface area (Å²) in [5, 5.41) is 0.0943. The van der Waals surface area contributed by atoms with E-state index in [1.165, 1.54) is 37.7 Å². The van der Waals surface area contributed by atoms with Crippen molar-refractivity contribution in [2.75, 3.05) is 6.61 Å². The molecule has 0 N–H and O–H groups in total. The van der Waals surface area contributed by atoms with Gasteiger partial charge in [-0.25, -0.2) is 4.39 Å². The van der Waals surface area contributed by atoms with E-state index in [0.29, 0.717) is 29.8 Å². The fourth-order valence-electron chi connectivity index (χ4n) is 5.37. The van der Waals surface area contributed by atoms with E-state index in [9.17, 15) is 4.39 Å². The third-order valence-corrected chi connectivity index (χ3v) is 8.03. The first-order valence-corrected chi connectivity index (χ1v) is 13.2. The smallest absolute Gasteiger partial charge is 0.153 e. The van der Waals surface area contributed by atoms with Crippen LogP contribution in [-0.2, 0) is 0 Å². The average Bonchev–Trinajstić information content (AvgIpc) is 2.87. The molecule has 1 heterocycles. The van der Waals surface area contributed by atoms with Crippen LogP contribution in [0.1, 0.15) is 107 Å². The maximum atomic E-state index is 15.0. The van der Waals surface area contributed by atoms with E-state index in [0.717, 1.165) is 49.3 Å². The van der Waals surface area contributed by atoms with Crippen LogP contribution in [0.3, 0.4) is 0 Å². The maximum absolute atomic E-state index is 15.0. The molecular formula is C29H37ClFNO. The predicted molar refractivity (Wildman–Crippen MR) is 136 cm³/mol. The minimum atomic E-state index is -0.365. The molecule has 1 aromatic carbocycles. The first-order chi connectivity index (χ1) is 16.1. The highest BCUT2D eigenvalue weighted by atomic mass is 35.5. The zero-order chi connectivity index (χ0) is 23.2. The number of aromatic nitrogens is 1. The number of nitrogens with zero attached hydrogens (tertiary/aromatic N) is 1. The molecule has 0 radical (unpaired) electrons. The van der Waals surface area contributed by atoms with Gasteiger partial charge in [0.25, 0.3) is 0 Å². The molecule has 0 aliphatic heterocycles. The number of halogens is 2. The van der Waals surface area contributed by atoms with Crippen LogP contribution in [0.4, 0.5) is 4.39 Å². The number of unbranched alkanes of at least 4 members (excludes halogenated alkanes) is 1. The largest absolute Gasteiger partial charge is 0.492 e. The fourth-order valence-corrected chi connectivity index (χ4v) is 5.59. The van der Waals surface area contributed by atoms with Crippen molar-refractivity contribution in [3.63, 3.8) is 0 Å². The van der Waals surface area contributed by atoms with Gasteiger partial charge in [0.2, 0.25) is 0 Å². The number of pyridine rings is 1. The Balaban J connectivity index is 1.38. The minimum absolute atomic E-state index is 0.0943. The second-order valence-corrected chi connectivity index (χ2v) is 10.2. The van der Waals surface area contributed by atoms with E-state index in [1.54, 1.807) is 6.07 Å². The topological polar surface area (TPSA) is 22.1 Å². The van der Waals surface area contributed by atoms with Crippen molar-refractivity contribution in [2.24, 2.45) is 5.92 Å². The van der Waals surface area contributed by atoms with Gasteiger partial charge in [0.05, 0.1) is 6.61 Å². The molecule has 2 nitrogen and oxygen atoms in total. The Morgan fingerprint density at radius 2 is 1.85 bits per heavy atom. The van der Waals surface area contributed by atoms with Crippen molar-refractivity contribution in [1.82, 2.24) is 4.98 Å². The third kappa shape index (κ3) is 5.80. The molecule has 33 heavy (non-hydrogen) atoms. The molecule has 2 aliphatic carbocycles. The summed E-state index contributed by atoms with van der Waals surface area (Å²) in [6, 6.07) is 8.15. The van der Waals surface area contributed by atoms with Crippen molar-refractivity contribution < 1.29 is 9.13 Å². The van der Waals surface area contributed by atoms with Crippen LogP contribution in [0.25, 0.3) is 5.57 Å². The normalized spacial score (nSPS) is 23.3. The Labute approximate surface area is 203 Å². The van der Waals surface area contributed by atoms with Crippen molar-refractivity contribution in [2.45, 2.75) is 89.9 Å². The lowest BCUT2D eigenvalue weighted by Gasteiger charge is -2.28. The molecule has 2 aliphatic rings. The lowest BCUT2D eigenvalue weighted by molar-refractivity contribution is 0.308. The van der Waals surface area contributed by atoms with Crippen LogP contribution in [0, 0.1) is 11.7 Å². The molecule has 0 saturated heterocycles. The summed E-state index contributed by atoms with van der Waals surface area (Å²) in [5.74, 6) is 2.06. The van der Waals surface area contributed by atoms with E-state index < -0.39 is 0 Å². The van der Waals surface area contributed by atoms with Crippen LogP contribution in [0.15, 0.2) is 36.5 Å². The number of hydrogen-bond donors (Lipinski definition) is 0. The van der Waals surface area contributed by atoms with E-state index in [2.05, 4.69) is 38.3 Å². The Hall–Kier alpha value is -1.87. The SMILES string of the molecule is CCCCOc1ccc(C2=CCC(c3ccc(C4CCC(CC)CC4)cn3)CC2)c(F)c1Cl. The highest BCUT2D eigenvalue weighted by molar-refractivity contribution is 6.32. The van der Waals surface area contributed by atoms with E-state index in [1.807, 2.05) is 6.07 Å². The Bertz CT molecular complexity index is 947. The molecule has 0 amide bonds. The Morgan fingerprint density at radius 1 is 1.03 bits per heavy atom. The molecule has 4 rings (SSSR count). The second kappa shape index (κ2) is 11.5. The molecule has 2 aromatic rings. The van der Waals surface area contributed by atoms with Crippen molar-refractivity contribution in [3.8, 4) is 5.75 Å². The van der Waals surface area contributed by atoms with Crippen LogP contribution < -0.4 is 4.74 Å². The molecular weight excluding hydrogens is 433 g/mol. The highest BCUT2D eigenvalue weighted by Crippen LogP contribution is 2.40. The third-order valence-electron chi connectivity index (χ3n) is 7.68. The highest BCUT2D eigenvalue weighted by Gasteiger charge is 2.24. The quantitative estimate of drug-likeness (QED) is 0.359. The summed E-state index contributed by atoms with van der Waals surface area (Å²) in [7, 11) is 0. The summed E-state index contributed by atoms with van der Waals surface area (Å²) in [4.78, 5) is 4.85. The predicted octanol–water partition coefficient (Wildman–Crippen LogP) is 9.09. The van der Waals surface area contributed by atoms with Gasteiger partial charge in [-0.05, 0) is 92.5 Å². The lowest BCUT2D eigenvalue weighted by atomic mass is 9.78. The summed E-state index contributed by atoms with van der Waals surface area (Å²) >= 11 is 6.28. The zero-order valence-electron chi connectivity index (χ0n) is 20.1. The molecule has 1 aromatic heterocycles. The monoisotopic (exact) mass is 469 g/mol. The minimum Gasteiger partial charge on any atom is -0.492 e. The number of rotatable bonds is 8. The van der Waals surface area contributed by atoms with Gasteiger partial charge in [0, 0.05) is 23.4 Å². The molecule has 1 atom stereocenters. The van der Waals surface area contributed by atoms with Crippen molar-refractivity contribution in [3.05, 3.63) is 64.2 Å². The van der Waals surface area contributed by atoms with E-state index in [-0.39, 0.29) is 10.8 Å². The van der Waals surface area contributed by atoms with Crippen LogP contribution in [0.2, 0.25) is 5.02 Å². The maximum Gasteiger partial charge on any atom is 0.153 e. The van der Waals surface area contributed by atoms with Crippen molar-refractivity contribution >= 4 is 17.2 Å². The van der Waals surface area contributed by atoms with Crippen molar-refractivity contribution in [1.29, 1.82) is 0 Å². The lowest BCUT2D eigenvalue weighted by Crippen LogP contribution is -2.13. The number of allylic oxidation sites excluding steroid dienone is 2. The summed E-state index contributed by atoms with van der Waals surface area (Å²) in [6.45, 7) is 4.97. The molecule has 1 fully saturated rings. The average molecular weight is 470 g/mol. The van der Waals surface area contributed by atoms with Gasteiger partial charge in [-0.15, -0.1) is 0 Å². The number of benzene rings is 1. The molecule has 178 valence electrons. The van der Waals surface area contributed by atoms with E-state index in [4.69, 9.17) is 21.3 Å². The molecule has 1 unspecified atom stereocenters.